The summed E-state index contributed by atoms with van der Waals surface area (Å²) in [7, 11) is 2.87. The van der Waals surface area contributed by atoms with E-state index in [9.17, 15) is 4.79 Å². The number of ether oxygens (including phenoxy) is 2. The third-order valence-electron chi connectivity index (χ3n) is 3.33. The minimum absolute atomic E-state index is 0.335. The Morgan fingerprint density at radius 3 is 2.55 bits per heavy atom. The van der Waals surface area contributed by atoms with E-state index in [0.717, 1.165) is 5.56 Å². The predicted molar refractivity (Wildman–Crippen MR) is 82.9 cm³/mol. The molecule has 1 aromatic heterocycles. The Kier molecular flexibility index (Phi) is 3.70. The van der Waals surface area contributed by atoms with Gasteiger partial charge in [-0.3, -0.25) is 4.98 Å². The molecule has 0 unspecified atom stereocenters. The molecule has 5 heteroatoms. The number of carbonyl (C=O) groups is 1. The molecule has 0 aliphatic rings. The zero-order valence-corrected chi connectivity index (χ0v) is 12.2. The van der Waals surface area contributed by atoms with Gasteiger partial charge in [-0.25, -0.2) is 9.78 Å². The second-order valence-corrected chi connectivity index (χ2v) is 4.66. The number of aromatic nitrogens is 2. The van der Waals surface area contributed by atoms with Gasteiger partial charge < -0.3 is 9.47 Å². The van der Waals surface area contributed by atoms with Crippen LogP contribution in [-0.4, -0.2) is 30.2 Å². The summed E-state index contributed by atoms with van der Waals surface area (Å²) in [4.78, 5) is 21.0. The molecule has 110 valence electrons. The third kappa shape index (κ3) is 2.48. The van der Waals surface area contributed by atoms with Gasteiger partial charge in [-0.1, -0.05) is 30.3 Å². The lowest BCUT2D eigenvalue weighted by Crippen LogP contribution is -2.05. The molecule has 2 aromatic carbocycles. The first-order valence-corrected chi connectivity index (χ1v) is 6.71. The lowest BCUT2D eigenvalue weighted by atomic mass is 10.1. The molecular weight excluding hydrogens is 280 g/mol. The first-order valence-electron chi connectivity index (χ1n) is 6.71. The van der Waals surface area contributed by atoms with E-state index in [0.29, 0.717) is 28.0 Å². The van der Waals surface area contributed by atoms with E-state index in [1.165, 1.54) is 14.2 Å². The fourth-order valence-electron chi connectivity index (χ4n) is 2.22. The molecular formula is C17H14N2O3. The number of nitrogens with zero attached hydrogens (tertiary/aromatic N) is 2. The average Bonchev–Trinajstić information content (AvgIpc) is 2.60. The van der Waals surface area contributed by atoms with Crippen LogP contribution in [0.4, 0.5) is 0 Å². The Morgan fingerprint density at radius 2 is 1.86 bits per heavy atom. The van der Waals surface area contributed by atoms with Crippen LogP contribution in [0.25, 0.3) is 22.3 Å². The fourth-order valence-corrected chi connectivity index (χ4v) is 2.22. The van der Waals surface area contributed by atoms with E-state index < -0.39 is 5.97 Å². The van der Waals surface area contributed by atoms with Crippen molar-refractivity contribution in [2.75, 3.05) is 14.2 Å². The third-order valence-corrected chi connectivity index (χ3v) is 3.33. The first-order chi connectivity index (χ1) is 10.7. The van der Waals surface area contributed by atoms with Gasteiger partial charge in [-0.15, -0.1) is 0 Å². The molecule has 3 rings (SSSR count). The van der Waals surface area contributed by atoms with Crippen molar-refractivity contribution in [1.82, 2.24) is 9.97 Å². The van der Waals surface area contributed by atoms with Crippen LogP contribution < -0.4 is 4.74 Å². The highest BCUT2D eigenvalue weighted by atomic mass is 16.5. The Balaban J connectivity index is 2.24. The summed E-state index contributed by atoms with van der Waals surface area (Å²) >= 11 is 0. The summed E-state index contributed by atoms with van der Waals surface area (Å²) in [5, 5.41) is 0. The Hall–Kier alpha value is -2.95. The molecule has 22 heavy (non-hydrogen) atoms. The molecule has 0 saturated carbocycles. The van der Waals surface area contributed by atoms with E-state index in [1.54, 1.807) is 18.3 Å². The van der Waals surface area contributed by atoms with Crippen molar-refractivity contribution >= 4 is 17.0 Å². The molecule has 0 bridgehead atoms. The van der Waals surface area contributed by atoms with E-state index >= 15 is 0 Å². The van der Waals surface area contributed by atoms with Crippen molar-refractivity contribution in [2.45, 2.75) is 0 Å². The number of methoxy groups -OCH3 is 2. The number of hydrogen-bond donors (Lipinski definition) is 0. The molecule has 0 aliphatic carbocycles. The summed E-state index contributed by atoms with van der Waals surface area (Å²) in [5.41, 5.74) is 3.04. The number of hydrogen-bond acceptors (Lipinski definition) is 5. The van der Waals surface area contributed by atoms with Gasteiger partial charge >= 0.3 is 5.97 Å². The van der Waals surface area contributed by atoms with Gasteiger partial charge in [-0.2, -0.15) is 0 Å². The molecule has 1 heterocycles. The fraction of sp³-hybridized carbons (Fsp3) is 0.118. The van der Waals surface area contributed by atoms with Crippen LogP contribution in [0.3, 0.4) is 0 Å². The average molecular weight is 294 g/mol. The van der Waals surface area contributed by atoms with Crippen molar-refractivity contribution in [1.29, 1.82) is 0 Å². The van der Waals surface area contributed by atoms with E-state index in [-0.39, 0.29) is 0 Å². The number of esters is 1. The second kappa shape index (κ2) is 5.81. The lowest BCUT2D eigenvalue weighted by Gasteiger charge is -2.08. The van der Waals surface area contributed by atoms with E-state index in [1.807, 2.05) is 30.3 Å². The van der Waals surface area contributed by atoms with Gasteiger partial charge in [0.25, 0.3) is 0 Å². The highest BCUT2D eigenvalue weighted by Gasteiger charge is 2.15. The lowest BCUT2D eigenvalue weighted by molar-refractivity contribution is 0.0602. The zero-order chi connectivity index (χ0) is 15.5. The molecule has 5 nitrogen and oxygen atoms in total. The summed E-state index contributed by atoms with van der Waals surface area (Å²) in [6, 6.07) is 13.0. The molecule has 0 saturated heterocycles. The summed E-state index contributed by atoms with van der Waals surface area (Å²) in [5.74, 6) is 0.0677. The van der Waals surface area contributed by atoms with Crippen molar-refractivity contribution in [2.24, 2.45) is 0 Å². The molecule has 0 radical (unpaired) electrons. The van der Waals surface area contributed by atoms with Gasteiger partial charge in [0, 0.05) is 11.6 Å². The van der Waals surface area contributed by atoms with Crippen LogP contribution in [0.5, 0.6) is 5.75 Å². The predicted octanol–water partition coefficient (Wildman–Crippen LogP) is 3.09. The smallest absolute Gasteiger partial charge is 0.340 e. The monoisotopic (exact) mass is 294 g/mol. The van der Waals surface area contributed by atoms with Crippen LogP contribution in [0.15, 0.2) is 48.7 Å². The second-order valence-electron chi connectivity index (χ2n) is 4.66. The zero-order valence-electron chi connectivity index (χ0n) is 12.2. The highest BCUT2D eigenvalue weighted by Crippen LogP contribution is 2.26. The Labute approximate surface area is 127 Å². The maximum atomic E-state index is 12.0. The normalized spacial score (nSPS) is 10.5. The number of fused-ring (bicyclic) bond motifs is 1. The summed E-state index contributed by atoms with van der Waals surface area (Å²) < 4.78 is 10.0. The van der Waals surface area contributed by atoms with Crippen LogP contribution in [0, 0.1) is 0 Å². The van der Waals surface area contributed by atoms with Crippen LogP contribution in [-0.2, 0) is 4.74 Å². The minimum atomic E-state index is -0.469. The van der Waals surface area contributed by atoms with Crippen LogP contribution in [0.2, 0.25) is 0 Å². The Bertz CT molecular complexity index is 832. The van der Waals surface area contributed by atoms with Crippen LogP contribution in [0.1, 0.15) is 10.4 Å². The maximum absolute atomic E-state index is 12.0. The molecule has 3 aromatic rings. The summed E-state index contributed by atoms with van der Waals surface area (Å²) in [6.07, 6.45) is 1.68. The maximum Gasteiger partial charge on any atom is 0.340 e. The topological polar surface area (TPSA) is 61.3 Å². The Morgan fingerprint density at radius 1 is 1.09 bits per heavy atom. The van der Waals surface area contributed by atoms with Gasteiger partial charge in [0.2, 0.25) is 0 Å². The van der Waals surface area contributed by atoms with Gasteiger partial charge in [0.05, 0.1) is 37.2 Å². The SMILES string of the molecule is COC(=O)c1cc(OC)cc2ncc(-c3ccccc3)nc12. The molecule has 0 fully saturated rings. The van der Waals surface area contributed by atoms with Crippen molar-refractivity contribution in [3.8, 4) is 17.0 Å². The van der Waals surface area contributed by atoms with E-state index in [2.05, 4.69) is 9.97 Å². The highest BCUT2D eigenvalue weighted by molar-refractivity contribution is 6.02. The standard InChI is InChI=1S/C17H14N2O3/c1-21-12-8-13(17(20)22-2)16-14(9-12)18-10-15(19-16)11-6-4-3-5-7-11/h3-10H,1-2H3. The summed E-state index contributed by atoms with van der Waals surface area (Å²) in [6.45, 7) is 0. The van der Waals surface area contributed by atoms with Crippen molar-refractivity contribution in [3.05, 3.63) is 54.2 Å². The minimum Gasteiger partial charge on any atom is -0.497 e. The number of rotatable bonds is 3. The molecule has 0 aliphatic heterocycles. The van der Waals surface area contributed by atoms with Gasteiger partial charge in [-0.05, 0) is 6.07 Å². The molecule has 0 amide bonds. The number of carbonyl (C=O) groups excluding carboxylic acids is 1. The molecule has 0 N–H and O–H groups in total. The van der Waals surface area contributed by atoms with E-state index in [4.69, 9.17) is 9.47 Å². The molecule has 0 atom stereocenters. The molecule has 0 spiro atoms. The van der Waals surface area contributed by atoms with Gasteiger partial charge in [0.15, 0.2) is 0 Å². The quantitative estimate of drug-likeness (QED) is 0.695. The number of benzene rings is 2. The van der Waals surface area contributed by atoms with Gasteiger partial charge in [0.1, 0.15) is 11.3 Å². The first kappa shape index (κ1) is 14.0. The van der Waals surface area contributed by atoms with Crippen molar-refractivity contribution in [3.63, 3.8) is 0 Å². The van der Waals surface area contributed by atoms with Crippen molar-refractivity contribution < 1.29 is 14.3 Å². The largest absolute Gasteiger partial charge is 0.497 e. The van der Waals surface area contributed by atoms with Crippen LogP contribution >= 0.6 is 0 Å².